The molecule has 3 aromatic carbocycles. The lowest BCUT2D eigenvalue weighted by atomic mass is 10.1. The highest BCUT2D eigenvalue weighted by Gasteiger charge is 2.33. The molecule has 0 saturated heterocycles. The Morgan fingerprint density at radius 3 is 2.47 bits per heavy atom. The lowest BCUT2D eigenvalue weighted by Crippen LogP contribution is -2.38. The van der Waals surface area contributed by atoms with Gasteiger partial charge in [0.05, 0.1) is 11.5 Å². The van der Waals surface area contributed by atoms with Crippen LogP contribution in [-0.4, -0.2) is 32.6 Å². The summed E-state index contributed by atoms with van der Waals surface area (Å²) in [4.78, 5) is 13.0. The Morgan fingerprint density at radius 1 is 1.09 bits per heavy atom. The number of carbonyl (C=O) groups is 1. The van der Waals surface area contributed by atoms with E-state index in [0.717, 1.165) is 9.69 Å². The molecule has 0 atom stereocenters. The van der Waals surface area contributed by atoms with Crippen molar-refractivity contribution in [1.29, 1.82) is 0 Å². The third-order valence-corrected chi connectivity index (χ3v) is 7.77. The molecule has 1 heterocycles. The zero-order valence-electron chi connectivity index (χ0n) is 18.5. The van der Waals surface area contributed by atoms with Crippen molar-refractivity contribution < 1.29 is 22.5 Å². The van der Waals surface area contributed by atoms with Crippen molar-refractivity contribution in [2.24, 2.45) is 0 Å². The number of halogens is 1. The molecule has 0 bridgehead atoms. The molecule has 0 spiro atoms. The maximum atomic E-state index is 13.8. The summed E-state index contributed by atoms with van der Waals surface area (Å²) < 4.78 is 39.6. The van der Waals surface area contributed by atoms with Gasteiger partial charge in [-0.2, -0.15) is 0 Å². The summed E-state index contributed by atoms with van der Waals surface area (Å²) in [6.07, 6.45) is 0. The van der Waals surface area contributed by atoms with E-state index in [1.165, 1.54) is 6.07 Å². The van der Waals surface area contributed by atoms with E-state index in [4.69, 9.17) is 9.26 Å². The number of sulfonamides is 1. The Balaban J connectivity index is 1.70. The van der Waals surface area contributed by atoms with E-state index in [1.807, 2.05) is 25.1 Å². The van der Waals surface area contributed by atoms with Crippen molar-refractivity contribution in [3.8, 4) is 5.75 Å². The lowest BCUT2D eigenvalue weighted by Gasteiger charge is -2.22. The maximum absolute atomic E-state index is 13.8. The van der Waals surface area contributed by atoms with Crippen molar-refractivity contribution in [3.05, 3.63) is 77.0 Å². The Morgan fingerprint density at radius 2 is 1.79 bits per heavy atom. The van der Waals surface area contributed by atoms with Crippen LogP contribution in [0.25, 0.3) is 10.8 Å². The van der Waals surface area contributed by atoms with Crippen LogP contribution in [0.15, 0.2) is 80.6 Å². The van der Waals surface area contributed by atoms with Gasteiger partial charge in [-0.25, -0.2) is 12.7 Å². The van der Waals surface area contributed by atoms with Crippen molar-refractivity contribution in [1.82, 2.24) is 5.16 Å². The van der Waals surface area contributed by atoms with Crippen LogP contribution in [0.2, 0.25) is 0 Å². The number of amides is 1. The van der Waals surface area contributed by atoms with Gasteiger partial charge in [-0.3, -0.25) is 4.79 Å². The van der Waals surface area contributed by atoms with E-state index >= 15 is 0 Å². The van der Waals surface area contributed by atoms with Crippen LogP contribution < -0.4 is 14.4 Å². The molecule has 0 saturated carbocycles. The number of aryl methyl sites for hydroxylation is 1. The molecular weight excluding hydrogens is 522 g/mol. The molecule has 4 rings (SSSR count). The monoisotopic (exact) mass is 543 g/mol. The molecule has 1 amide bonds. The molecular formula is C24H22BrN3O5S. The topological polar surface area (TPSA) is 102 Å². The molecule has 0 aliphatic heterocycles. The van der Waals surface area contributed by atoms with Crippen LogP contribution >= 0.6 is 15.9 Å². The molecule has 0 aliphatic carbocycles. The SMILES string of the molecule is CCOc1ccc(NC(=O)CN(c2noc(C)c2Br)S(=O)(=O)c2cccc3ccccc23)cc1. The first-order valence-electron chi connectivity index (χ1n) is 10.5. The molecule has 0 aliphatic rings. The third-order valence-electron chi connectivity index (χ3n) is 5.06. The molecule has 34 heavy (non-hydrogen) atoms. The molecule has 0 radical (unpaired) electrons. The Hall–Kier alpha value is -3.37. The molecule has 1 aromatic heterocycles. The van der Waals surface area contributed by atoms with Crippen LogP contribution in [0.5, 0.6) is 5.75 Å². The molecule has 1 N–H and O–H groups in total. The largest absolute Gasteiger partial charge is 0.494 e. The van der Waals surface area contributed by atoms with Crippen molar-refractivity contribution >= 4 is 54.1 Å². The smallest absolute Gasteiger partial charge is 0.266 e. The summed E-state index contributed by atoms with van der Waals surface area (Å²) in [6.45, 7) is 3.54. The summed E-state index contributed by atoms with van der Waals surface area (Å²) >= 11 is 3.34. The normalized spacial score (nSPS) is 11.4. The number of aromatic nitrogens is 1. The summed E-state index contributed by atoms with van der Waals surface area (Å²) in [5, 5.41) is 7.93. The molecule has 4 aromatic rings. The van der Waals surface area contributed by atoms with E-state index in [-0.39, 0.29) is 10.7 Å². The van der Waals surface area contributed by atoms with Gasteiger partial charge < -0.3 is 14.6 Å². The van der Waals surface area contributed by atoms with E-state index in [9.17, 15) is 13.2 Å². The number of hydrogen-bond acceptors (Lipinski definition) is 6. The summed E-state index contributed by atoms with van der Waals surface area (Å²) in [5.41, 5.74) is 0.506. The fourth-order valence-electron chi connectivity index (χ4n) is 3.45. The average Bonchev–Trinajstić information content (AvgIpc) is 3.16. The minimum atomic E-state index is -4.19. The van der Waals surface area contributed by atoms with Gasteiger partial charge in [0.25, 0.3) is 10.0 Å². The highest BCUT2D eigenvalue weighted by Crippen LogP contribution is 2.34. The second-order valence-electron chi connectivity index (χ2n) is 7.37. The van der Waals surface area contributed by atoms with Gasteiger partial charge in [-0.05, 0) is 65.5 Å². The van der Waals surface area contributed by atoms with Crippen LogP contribution in [0, 0.1) is 6.92 Å². The second-order valence-corrected chi connectivity index (χ2v) is 9.99. The first kappa shape index (κ1) is 23.8. The zero-order chi connectivity index (χ0) is 24.3. The van der Waals surface area contributed by atoms with Gasteiger partial charge in [0, 0.05) is 11.1 Å². The van der Waals surface area contributed by atoms with Crippen LogP contribution in [0.4, 0.5) is 11.5 Å². The number of benzene rings is 3. The van der Waals surface area contributed by atoms with Crippen molar-refractivity contribution in [2.45, 2.75) is 18.7 Å². The van der Waals surface area contributed by atoms with Crippen LogP contribution in [0.1, 0.15) is 12.7 Å². The molecule has 10 heteroatoms. The first-order valence-corrected chi connectivity index (χ1v) is 12.7. The Labute approximate surface area is 205 Å². The van der Waals surface area contributed by atoms with Gasteiger partial charge in [0.2, 0.25) is 11.7 Å². The van der Waals surface area contributed by atoms with E-state index < -0.39 is 22.5 Å². The highest BCUT2D eigenvalue weighted by molar-refractivity contribution is 9.10. The van der Waals surface area contributed by atoms with Gasteiger partial charge in [-0.15, -0.1) is 0 Å². The van der Waals surface area contributed by atoms with Crippen molar-refractivity contribution in [3.63, 3.8) is 0 Å². The number of ether oxygens (including phenoxy) is 1. The Bertz CT molecular complexity index is 1430. The fraction of sp³-hybridized carbons (Fsp3) is 0.167. The number of hydrogen-bond donors (Lipinski definition) is 1. The van der Waals surface area contributed by atoms with Crippen LogP contribution in [-0.2, 0) is 14.8 Å². The summed E-state index contributed by atoms with van der Waals surface area (Å²) in [6, 6.07) is 19.0. The number of fused-ring (bicyclic) bond motifs is 1. The van der Waals surface area contributed by atoms with Gasteiger partial charge >= 0.3 is 0 Å². The number of rotatable bonds is 8. The first-order chi connectivity index (χ1) is 16.3. The minimum absolute atomic E-state index is 0.00715. The van der Waals surface area contributed by atoms with E-state index in [2.05, 4.69) is 26.4 Å². The molecule has 176 valence electrons. The zero-order valence-corrected chi connectivity index (χ0v) is 20.9. The molecule has 8 nitrogen and oxygen atoms in total. The molecule has 0 fully saturated rings. The number of nitrogens with one attached hydrogen (secondary N) is 1. The predicted octanol–water partition coefficient (Wildman–Crippen LogP) is 5.13. The Kier molecular flexibility index (Phi) is 6.90. The summed E-state index contributed by atoms with van der Waals surface area (Å²) in [7, 11) is -4.19. The maximum Gasteiger partial charge on any atom is 0.266 e. The minimum Gasteiger partial charge on any atom is -0.494 e. The van der Waals surface area contributed by atoms with E-state index in [1.54, 1.807) is 49.4 Å². The average molecular weight is 544 g/mol. The molecule has 0 unspecified atom stereocenters. The van der Waals surface area contributed by atoms with Crippen molar-refractivity contribution in [2.75, 3.05) is 22.8 Å². The number of nitrogens with zero attached hydrogens (tertiary/aromatic N) is 2. The fourth-order valence-corrected chi connectivity index (χ4v) is 5.52. The quantitative estimate of drug-likeness (QED) is 0.330. The van der Waals surface area contributed by atoms with Gasteiger partial charge in [0.1, 0.15) is 22.5 Å². The van der Waals surface area contributed by atoms with E-state index in [0.29, 0.717) is 33.7 Å². The summed E-state index contributed by atoms with van der Waals surface area (Å²) in [5.74, 6) is 0.510. The highest BCUT2D eigenvalue weighted by atomic mass is 79.9. The predicted molar refractivity (Wildman–Crippen MR) is 134 cm³/mol. The standard InChI is InChI=1S/C24H22BrN3O5S/c1-3-32-19-13-11-18(12-14-19)26-22(29)15-28(24-23(25)16(2)33-27-24)34(30,31)21-10-6-8-17-7-4-5-9-20(17)21/h4-14H,3,15H2,1-2H3,(H,26,29). The third kappa shape index (κ3) is 4.78. The second kappa shape index (κ2) is 9.86. The number of anilines is 2. The number of carbonyl (C=O) groups excluding carboxylic acids is 1. The lowest BCUT2D eigenvalue weighted by molar-refractivity contribution is -0.114. The van der Waals surface area contributed by atoms with Gasteiger partial charge in [-0.1, -0.05) is 41.6 Å². The van der Waals surface area contributed by atoms with Crippen LogP contribution in [0.3, 0.4) is 0 Å². The van der Waals surface area contributed by atoms with Gasteiger partial charge in [0.15, 0.2) is 0 Å².